The molecule has 0 radical (unpaired) electrons. The highest BCUT2D eigenvalue weighted by Gasteiger charge is 2.55. The number of unbranched alkanes of at least 4 members (excludes halogenated alkanes) is 3. The lowest BCUT2D eigenvalue weighted by Crippen LogP contribution is -2.55. The molecule has 426 valence electrons. The lowest BCUT2D eigenvalue weighted by Gasteiger charge is -2.44. The van der Waals surface area contributed by atoms with E-state index >= 15 is 0 Å². The second kappa shape index (κ2) is 24.1. The Labute approximate surface area is 449 Å². The van der Waals surface area contributed by atoms with Gasteiger partial charge in [-0.25, -0.2) is 15.0 Å². The summed E-state index contributed by atoms with van der Waals surface area (Å²) >= 11 is 0. The Balaban J connectivity index is 0.900. The third-order valence-electron chi connectivity index (χ3n) is 15.0. The Morgan fingerprint density at radius 3 is 2.44 bits per heavy atom. The first-order valence-corrected chi connectivity index (χ1v) is 26.3. The molecule has 0 spiro atoms. The summed E-state index contributed by atoms with van der Waals surface area (Å²) in [6.07, 6.45) is -4.15. The van der Waals surface area contributed by atoms with Gasteiger partial charge in [0.2, 0.25) is 23.5 Å². The first-order chi connectivity index (χ1) is 37.1. The van der Waals surface area contributed by atoms with E-state index in [2.05, 4.69) is 26.1 Å². The van der Waals surface area contributed by atoms with Crippen molar-refractivity contribution in [2.24, 2.45) is 5.10 Å². The molecule has 0 bridgehead atoms. The number of aliphatic hydroxyl groups is 2. The number of nitrogens with zero attached hydrogens (tertiary/aromatic N) is 3. The Hall–Kier alpha value is -6.16. The second-order valence-electron chi connectivity index (χ2n) is 21.4. The van der Waals surface area contributed by atoms with E-state index in [1.165, 1.54) is 32.4 Å². The standard InChI is InChI=1S/C53H70N6O19/c1-26-46-31(58-19-20-74-50(73-6)48(58)77-46)22-37(75-26)76-33-24-53(71,23-28-39(33)45(66)41-40(43(28)64)42(63)27-13-12-15-32(72-5)38(27)44(41)65)34(25-60)56-57-35(61)16-8-7-11-18-59-36(62)21-30(47(59)67)54-17-10-9-14-29(49(68)69)55-51(70)78-52(2,3)4/h12-13,15,26,29-31,33,37,46,48,50,54,60,64,66,71H,7-11,14,16-25H2,1-6H3,(H,55,70)(H,57,61)(H,68,69)/b56-34+/t26-,29-,30?,31-,33-,37-,46+,48+,50-,53-/m0/s1. The number of methoxy groups -OCH3 is 2. The first-order valence-electron chi connectivity index (χ1n) is 26.3. The molecule has 4 aliphatic heterocycles. The van der Waals surface area contributed by atoms with Crippen LogP contribution in [0.3, 0.4) is 0 Å². The molecule has 2 aromatic carbocycles. The number of likely N-dealkylation sites (tertiary alicyclic amines) is 1. The van der Waals surface area contributed by atoms with Gasteiger partial charge in [-0.1, -0.05) is 18.6 Å². The van der Waals surface area contributed by atoms with Crippen LogP contribution in [0.25, 0.3) is 0 Å². The van der Waals surface area contributed by atoms with Gasteiger partial charge in [-0.05, 0) is 72.4 Å². The van der Waals surface area contributed by atoms with Gasteiger partial charge >= 0.3 is 12.1 Å². The van der Waals surface area contributed by atoms with Gasteiger partial charge in [0.25, 0.3) is 0 Å². The number of phenols is 2. The number of aliphatic hydroxyl groups excluding tert-OH is 1. The number of fused-ring (bicyclic) bond motifs is 6. The Bertz CT molecular complexity index is 2690. The number of carbonyl (C=O) groups is 7. The zero-order valence-corrected chi connectivity index (χ0v) is 44.5. The molecule has 4 amide bonds. The number of carboxylic acid groups (broad SMARTS) is 1. The van der Waals surface area contributed by atoms with E-state index in [0.717, 1.165) is 4.90 Å². The molecule has 4 saturated heterocycles. The largest absolute Gasteiger partial charge is 0.507 e. The van der Waals surface area contributed by atoms with Gasteiger partial charge in [0, 0.05) is 68.6 Å². The van der Waals surface area contributed by atoms with Crippen molar-refractivity contribution in [2.45, 2.75) is 165 Å². The predicted molar refractivity (Wildman–Crippen MR) is 270 cm³/mol. The van der Waals surface area contributed by atoms with Crippen molar-refractivity contribution in [1.29, 1.82) is 0 Å². The van der Waals surface area contributed by atoms with Crippen molar-refractivity contribution < 1.29 is 92.3 Å². The van der Waals surface area contributed by atoms with Crippen LogP contribution < -0.4 is 20.8 Å². The number of amides is 4. The molecule has 25 heteroatoms. The summed E-state index contributed by atoms with van der Waals surface area (Å²) in [5.41, 5.74) is -2.39. The highest BCUT2D eigenvalue weighted by molar-refractivity contribution is 6.31. The molecule has 8 rings (SSSR count). The van der Waals surface area contributed by atoms with E-state index in [-0.39, 0.29) is 77.9 Å². The number of benzene rings is 2. The number of aromatic hydroxyl groups is 2. The number of carbonyl (C=O) groups excluding carboxylic acids is 6. The summed E-state index contributed by atoms with van der Waals surface area (Å²) in [6, 6.07) is 2.23. The van der Waals surface area contributed by atoms with Gasteiger partial charge in [0.15, 0.2) is 24.6 Å². The van der Waals surface area contributed by atoms with E-state index in [1.807, 2.05) is 6.92 Å². The maximum absolute atomic E-state index is 14.3. The van der Waals surface area contributed by atoms with E-state index in [1.54, 1.807) is 20.8 Å². The minimum absolute atomic E-state index is 0.0466. The molecule has 8 N–H and O–H groups in total. The molecule has 2 aliphatic carbocycles. The van der Waals surface area contributed by atoms with E-state index < -0.39 is 138 Å². The van der Waals surface area contributed by atoms with Gasteiger partial charge < -0.3 is 69.3 Å². The summed E-state index contributed by atoms with van der Waals surface area (Å²) in [6.45, 7) is 7.23. The monoisotopic (exact) mass is 1090 g/mol. The third-order valence-corrected chi connectivity index (χ3v) is 15.0. The number of alkyl carbamates (subject to hydrolysis) is 1. The second-order valence-corrected chi connectivity index (χ2v) is 21.4. The summed E-state index contributed by atoms with van der Waals surface area (Å²) in [4.78, 5) is 94.6. The van der Waals surface area contributed by atoms with Crippen molar-refractivity contribution >= 4 is 47.1 Å². The lowest BCUT2D eigenvalue weighted by atomic mass is 9.71. The molecule has 10 atom stereocenters. The first kappa shape index (κ1) is 58.0. The molecule has 4 fully saturated rings. The number of imide groups is 1. The quantitative estimate of drug-likeness (QED) is 0.0249. The van der Waals surface area contributed by atoms with Crippen LogP contribution >= 0.6 is 0 Å². The zero-order chi connectivity index (χ0) is 56.4. The number of morpholine rings is 1. The number of aliphatic carboxylic acids is 1. The number of nitrogens with one attached hydrogen (secondary N) is 3. The van der Waals surface area contributed by atoms with E-state index in [0.29, 0.717) is 51.8 Å². The summed E-state index contributed by atoms with van der Waals surface area (Å²) in [5.74, 6) is -5.44. The smallest absolute Gasteiger partial charge is 0.408 e. The van der Waals surface area contributed by atoms with Crippen molar-refractivity contribution in [3.05, 3.63) is 51.6 Å². The van der Waals surface area contributed by atoms with Gasteiger partial charge in [-0.15, -0.1) is 0 Å². The average Bonchev–Trinajstić information content (AvgIpc) is 3.77. The van der Waals surface area contributed by atoms with Crippen molar-refractivity contribution in [1.82, 2.24) is 25.9 Å². The van der Waals surface area contributed by atoms with Crippen LogP contribution in [0.2, 0.25) is 0 Å². The van der Waals surface area contributed by atoms with Gasteiger partial charge in [-0.3, -0.25) is 33.8 Å². The maximum atomic E-state index is 14.3. The fourth-order valence-electron chi connectivity index (χ4n) is 11.3. The number of ether oxygens (including phenoxy) is 7. The third kappa shape index (κ3) is 12.0. The lowest BCUT2D eigenvalue weighted by molar-refractivity contribution is -0.255. The van der Waals surface area contributed by atoms with Gasteiger partial charge in [-0.2, -0.15) is 5.10 Å². The van der Waals surface area contributed by atoms with Crippen molar-refractivity contribution in [3.8, 4) is 17.2 Å². The summed E-state index contributed by atoms with van der Waals surface area (Å²) in [5, 5.41) is 66.7. The van der Waals surface area contributed by atoms with Gasteiger partial charge in [0.05, 0.1) is 67.4 Å². The van der Waals surface area contributed by atoms with Crippen LogP contribution in [0.1, 0.15) is 141 Å². The van der Waals surface area contributed by atoms with Crippen LogP contribution in [-0.2, 0) is 54.0 Å². The minimum atomic E-state index is -2.20. The highest BCUT2D eigenvalue weighted by Crippen LogP contribution is 2.53. The normalized spacial score (nSPS) is 27.3. The Morgan fingerprint density at radius 2 is 1.73 bits per heavy atom. The molecule has 4 heterocycles. The maximum Gasteiger partial charge on any atom is 0.408 e. The number of hydrazone groups is 1. The van der Waals surface area contributed by atoms with Crippen LogP contribution in [0.5, 0.6) is 17.2 Å². The molecule has 2 aromatic rings. The number of hydrogen-bond donors (Lipinski definition) is 8. The van der Waals surface area contributed by atoms with Crippen LogP contribution in [0.4, 0.5) is 4.79 Å². The predicted octanol–water partition coefficient (Wildman–Crippen LogP) is 2.04. The van der Waals surface area contributed by atoms with Crippen molar-refractivity contribution in [3.63, 3.8) is 0 Å². The molecule has 25 nitrogen and oxygen atoms in total. The zero-order valence-electron chi connectivity index (χ0n) is 44.5. The minimum Gasteiger partial charge on any atom is -0.507 e. The van der Waals surface area contributed by atoms with Crippen LogP contribution in [0.15, 0.2) is 23.3 Å². The highest BCUT2D eigenvalue weighted by atomic mass is 16.7. The number of hydrogen-bond acceptors (Lipinski definition) is 21. The molecule has 78 heavy (non-hydrogen) atoms. The van der Waals surface area contributed by atoms with E-state index in [4.69, 9.17) is 33.2 Å². The molecule has 6 aliphatic rings. The average molecular weight is 1100 g/mol. The van der Waals surface area contributed by atoms with Crippen molar-refractivity contribution in [2.75, 3.05) is 47.1 Å². The van der Waals surface area contributed by atoms with Crippen LogP contribution in [0, 0.1) is 0 Å². The number of rotatable bonds is 21. The summed E-state index contributed by atoms with van der Waals surface area (Å²) < 4.78 is 41.2. The molecule has 0 aromatic heterocycles. The number of phenolic OH excluding ortho intramolecular Hbond substituents is 2. The Morgan fingerprint density at radius 1 is 0.974 bits per heavy atom. The fraction of sp³-hybridized carbons (Fsp3) is 0.623. The topological polar surface area (TPSA) is 340 Å². The summed E-state index contributed by atoms with van der Waals surface area (Å²) in [7, 11) is 2.85. The number of ketones is 2. The molecule has 1 unspecified atom stereocenters. The number of carboxylic acids is 1. The van der Waals surface area contributed by atoms with E-state index in [9.17, 15) is 59.1 Å². The van der Waals surface area contributed by atoms with Crippen LogP contribution in [-0.4, -0.2) is 190 Å². The SMILES string of the molecule is COc1cccc2c1C(=O)c1c(O)c3c(c(O)c1C2=O)C[C@@](O)(/C(CO)=N/NC(=O)CCCCCN1C(=O)CC(NCCCC[C@H](NC(=O)OC(C)(C)C)C(=O)O)C1=O)C[C@@H]3O[C@H]1C[C@H]2[C@H](O[C@@H]3[C@@H](OC)OCCN32)[C@H](C)O1. The Kier molecular flexibility index (Phi) is 17.9. The van der Waals surface area contributed by atoms with Gasteiger partial charge in [0.1, 0.15) is 40.6 Å². The molecule has 0 saturated carbocycles. The molecular formula is C53H70N6O19. The molecular weight excluding hydrogens is 1020 g/mol. The fourth-order valence-corrected chi connectivity index (χ4v) is 11.3.